The third-order valence-electron chi connectivity index (χ3n) is 4.32. The molecule has 0 aliphatic carbocycles. The van der Waals surface area contributed by atoms with Crippen molar-refractivity contribution in [2.75, 3.05) is 31.1 Å². The van der Waals surface area contributed by atoms with Crippen LogP contribution in [0.4, 0.5) is 5.82 Å². The second-order valence-electron chi connectivity index (χ2n) is 6.77. The normalized spacial score (nSPS) is 15.2. The molecule has 1 aliphatic rings. The van der Waals surface area contributed by atoms with E-state index in [9.17, 15) is 13.2 Å². The van der Waals surface area contributed by atoms with E-state index in [1.807, 2.05) is 18.2 Å². The highest BCUT2D eigenvalue weighted by Gasteiger charge is 2.24. The molecule has 144 valence electrons. The molecule has 0 unspecified atom stereocenters. The summed E-state index contributed by atoms with van der Waals surface area (Å²) in [6.45, 7) is 6.03. The fourth-order valence-electron chi connectivity index (χ4n) is 3.04. The number of hydrogen-bond donors (Lipinski definition) is 1. The molecule has 1 saturated heterocycles. The van der Waals surface area contributed by atoms with Gasteiger partial charge in [-0.2, -0.15) is 0 Å². The van der Waals surface area contributed by atoms with E-state index < -0.39 is 10.0 Å². The van der Waals surface area contributed by atoms with Crippen molar-refractivity contribution in [3.63, 3.8) is 0 Å². The molecule has 1 aromatic heterocycles. The summed E-state index contributed by atoms with van der Waals surface area (Å²) in [4.78, 5) is 21.2. The van der Waals surface area contributed by atoms with Crippen molar-refractivity contribution < 1.29 is 13.2 Å². The highest BCUT2D eigenvalue weighted by Crippen LogP contribution is 2.17. The lowest BCUT2D eigenvalue weighted by molar-refractivity contribution is 0.0746. The predicted octanol–water partition coefficient (Wildman–Crippen LogP) is 1.73. The molecule has 0 atom stereocenters. The van der Waals surface area contributed by atoms with Gasteiger partial charge in [-0.1, -0.05) is 12.1 Å². The van der Waals surface area contributed by atoms with Crippen molar-refractivity contribution in [1.29, 1.82) is 0 Å². The molecular formula is C19H24N4O3S. The molecule has 1 fully saturated rings. The van der Waals surface area contributed by atoms with E-state index in [4.69, 9.17) is 0 Å². The van der Waals surface area contributed by atoms with Crippen molar-refractivity contribution in [1.82, 2.24) is 14.6 Å². The molecule has 2 aromatic rings. The summed E-state index contributed by atoms with van der Waals surface area (Å²) in [6.07, 6.45) is 1.75. The van der Waals surface area contributed by atoms with Gasteiger partial charge in [-0.05, 0) is 44.2 Å². The number of sulfonamides is 1. The fourth-order valence-corrected chi connectivity index (χ4v) is 4.33. The van der Waals surface area contributed by atoms with Crippen molar-refractivity contribution in [2.45, 2.75) is 24.8 Å². The zero-order valence-corrected chi connectivity index (χ0v) is 16.3. The zero-order valence-electron chi connectivity index (χ0n) is 15.5. The van der Waals surface area contributed by atoms with Gasteiger partial charge in [0.2, 0.25) is 10.0 Å². The number of pyridine rings is 1. The molecule has 3 rings (SSSR count). The number of benzene rings is 1. The van der Waals surface area contributed by atoms with Crippen LogP contribution in [0, 0.1) is 0 Å². The zero-order chi connectivity index (χ0) is 19.4. The summed E-state index contributed by atoms with van der Waals surface area (Å²) >= 11 is 0. The van der Waals surface area contributed by atoms with Crippen LogP contribution in [0.5, 0.6) is 0 Å². The van der Waals surface area contributed by atoms with Gasteiger partial charge in [0.1, 0.15) is 5.82 Å². The molecule has 1 N–H and O–H groups in total. The van der Waals surface area contributed by atoms with E-state index in [2.05, 4.69) is 14.6 Å². The minimum absolute atomic E-state index is 0.106. The Bertz CT molecular complexity index is 892. The molecule has 7 nitrogen and oxygen atoms in total. The number of carbonyl (C=O) groups excluding carboxylic acids is 1. The Balaban J connectivity index is 1.69. The number of rotatable bonds is 5. The summed E-state index contributed by atoms with van der Waals surface area (Å²) in [5.41, 5.74) is 0.382. The first kappa shape index (κ1) is 19.3. The van der Waals surface area contributed by atoms with Crippen molar-refractivity contribution in [3.05, 3.63) is 54.2 Å². The number of nitrogens with zero attached hydrogens (tertiary/aromatic N) is 3. The van der Waals surface area contributed by atoms with Gasteiger partial charge in [0.25, 0.3) is 5.91 Å². The smallest absolute Gasteiger partial charge is 0.254 e. The SMILES string of the molecule is CC(C)NS(=O)(=O)c1cccc(C(=O)N2CCN(c3ccccn3)CC2)c1. The molecule has 0 saturated carbocycles. The first-order chi connectivity index (χ1) is 12.9. The van der Waals surface area contributed by atoms with Gasteiger partial charge in [-0.3, -0.25) is 4.79 Å². The maximum atomic E-state index is 12.8. The van der Waals surface area contributed by atoms with Crippen molar-refractivity contribution in [3.8, 4) is 0 Å². The average Bonchev–Trinajstić information content (AvgIpc) is 2.67. The lowest BCUT2D eigenvalue weighted by atomic mass is 10.2. The van der Waals surface area contributed by atoms with Crippen molar-refractivity contribution >= 4 is 21.7 Å². The Morgan fingerprint density at radius 2 is 1.81 bits per heavy atom. The molecule has 27 heavy (non-hydrogen) atoms. The lowest BCUT2D eigenvalue weighted by Gasteiger charge is -2.35. The fraction of sp³-hybridized carbons (Fsp3) is 0.368. The van der Waals surface area contributed by atoms with Crippen LogP contribution in [-0.2, 0) is 10.0 Å². The van der Waals surface area contributed by atoms with E-state index in [1.54, 1.807) is 37.1 Å². The van der Waals surface area contributed by atoms with Crippen LogP contribution in [-0.4, -0.2) is 56.4 Å². The Kier molecular flexibility index (Phi) is 5.76. The third-order valence-corrected chi connectivity index (χ3v) is 5.98. The molecule has 0 radical (unpaired) electrons. The summed E-state index contributed by atoms with van der Waals surface area (Å²) in [5, 5.41) is 0. The number of anilines is 1. The van der Waals surface area contributed by atoms with Gasteiger partial charge in [-0.15, -0.1) is 0 Å². The van der Waals surface area contributed by atoms with E-state index >= 15 is 0 Å². The van der Waals surface area contributed by atoms with E-state index in [-0.39, 0.29) is 16.8 Å². The molecule has 1 aliphatic heterocycles. The molecule has 0 spiro atoms. The Morgan fingerprint density at radius 1 is 1.07 bits per heavy atom. The molecule has 2 heterocycles. The number of piperazine rings is 1. The number of carbonyl (C=O) groups is 1. The van der Waals surface area contributed by atoms with Crippen LogP contribution in [0.3, 0.4) is 0 Å². The number of amides is 1. The number of hydrogen-bond acceptors (Lipinski definition) is 5. The molecular weight excluding hydrogens is 364 g/mol. The Morgan fingerprint density at radius 3 is 2.44 bits per heavy atom. The third kappa shape index (κ3) is 4.64. The summed E-state index contributed by atoms with van der Waals surface area (Å²) < 4.78 is 27.2. The minimum atomic E-state index is -3.63. The monoisotopic (exact) mass is 388 g/mol. The second kappa shape index (κ2) is 8.06. The van der Waals surface area contributed by atoms with Crippen LogP contribution >= 0.6 is 0 Å². The summed E-state index contributed by atoms with van der Waals surface area (Å²) in [6, 6.07) is 11.8. The molecule has 0 bridgehead atoms. The quantitative estimate of drug-likeness (QED) is 0.844. The minimum Gasteiger partial charge on any atom is -0.353 e. The predicted molar refractivity (Wildman–Crippen MR) is 104 cm³/mol. The van der Waals surface area contributed by atoms with Gasteiger partial charge in [-0.25, -0.2) is 18.1 Å². The van der Waals surface area contributed by atoms with Crippen LogP contribution in [0.2, 0.25) is 0 Å². The van der Waals surface area contributed by atoms with E-state index in [1.165, 1.54) is 12.1 Å². The Hall–Kier alpha value is -2.45. The topological polar surface area (TPSA) is 82.6 Å². The van der Waals surface area contributed by atoms with Crippen LogP contribution < -0.4 is 9.62 Å². The standard InChI is InChI=1S/C19H24N4O3S/c1-15(2)21-27(25,26)17-7-5-6-16(14-17)19(24)23-12-10-22(11-13-23)18-8-3-4-9-20-18/h3-9,14-15,21H,10-13H2,1-2H3. The number of nitrogens with one attached hydrogen (secondary N) is 1. The average molecular weight is 388 g/mol. The van der Waals surface area contributed by atoms with Crippen molar-refractivity contribution in [2.24, 2.45) is 0 Å². The van der Waals surface area contributed by atoms with Crippen LogP contribution in [0.25, 0.3) is 0 Å². The highest BCUT2D eigenvalue weighted by atomic mass is 32.2. The van der Waals surface area contributed by atoms with Gasteiger partial charge >= 0.3 is 0 Å². The van der Waals surface area contributed by atoms with E-state index in [0.29, 0.717) is 31.7 Å². The van der Waals surface area contributed by atoms with Crippen LogP contribution in [0.1, 0.15) is 24.2 Å². The van der Waals surface area contributed by atoms with Gasteiger partial charge in [0.05, 0.1) is 4.90 Å². The van der Waals surface area contributed by atoms with Gasteiger partial charge in [0, 0.05) is 44.0 Å². The van der Waals surface area contributed by atoms with Crippen LogP contribution in [0.15, 0.2) is 53.6 Å². The molecule has 1 amide bonds. The van der Waals surface area contributed by atoms with Gasteiger partial charge in [0.15, 0.2) is 0 Å². The largest absolute Gasteiger partial charge is 0.353 e. The van der Waals surface area contributed by atoms with Gasteiger partial charge < -0.3 is 9.80 Å². The first-order valence-electron chi connectivity index (χ1n) is 8.94. The highest BCUT2D eigenvalue weighted by molar-refractivity contribution is 7.89. The lowest BCUT2D eigenvalue weighted by Crippen LogP contribution is -2.49. The summed E-state index contributed by atoms with van der Waals surface area (Å²) in [5.74, 6) is 0.745. The molecule has 8 heteroatoms. The number of aromatic nitrogens is 1. The first-order valence-corrected chi connectivity index (χ1v) is 10.4. The molecule has 1 aromatic carbocycles. The Labute approximate surface area is 160 Å². The maximum Gasteiger partial charge on any atom is 0.254 e. The van der Waals surface area contributed by atoms with E-state index in [0.717, 1.165) is 5.82 Å². The second-order valence-corrected chi connectivity index (χ2v) is 8.48. The maximum absolute atomic E-state index is 12.8. The summed E-state index contributed by atoms with van der Waals surface area (Å²) in [7, 11) is -3.63.